The summed E-state index contributed by atoms with van der Waals surface area (Å²) < 4.78 is 5.58. The van der Waals surface area contributed by atoms with Crippen LogP contribution in [-0.2, 0) is 4.74 Å². The van der Waals surface area contributed by atoms with Crippen LogP contribution in [0.4, 0.5) is 0 Å². The zero-order valence-electron chi connectivity index (χ0n) is 8.66. The third-order valence-electron chi connectivity index (χ3n) is 3.34. The smallest absolute Gasteiger partial charge is 0.125 e. The third kappa shape index (κ3) is 1.68. The van der Waals surface area contributed by atoms with Crippen LogP contribution < -0.4 is 0 Å². The first-order valence-electron chi connectivity index (χ1n) is 5.34. The molecule has 0 spiro atoms. The summed E-state index contributed by atoms with van der Waals surface area (Å²) in [4.78, 5) is 0. The van der Waals surface area contributed by atoms with Gasteiger partial charge >= 0.3 is 0 Å². The van der Waals surface area contributed by atoms with Crippen LogP contribution in [0.2, 0.25) is 0 Å². The lowest BCUT2D eigenvalue weighted by Gasteiger charge is -2.44. The van der Waals surface area contributed by atoms with E-state index in [0.717, 1.165) is 38.0 Å². The largest absolute Gasteiger partial charge is 0.495 e. The Bertz CT molecular complexity index is 228. The van der Waals surface area contributed by atoms with E-state index in [0.29, 0.717) is 0 Å². The summed E-state index contributed by atoms with van der Waals surface area (Å²) in [5.74, 6) is 0.824. The highest BCUT2D eigenvalue weighted by atomic mass is 32.2. The van der Waals surface area contributed by atoms with E-state index < -0.39 is 0 Å². The second kappa shape index (κ2) is 4.15. The predicted octanol–water partition coefficient (Wildman–Crippen LogP) is 2.33. The summed E-state index contributed by atoms with van der Waals surface area (Å²) in [5, 5.41) is 10.2. The van der Waals surface area contributed by atoms with Crippen molar-refractivity contribution in [2.75, 3.05) is 12.9 Å². The van der Waals surface area contributed by atoms with Crippen LogP contribution in [-0.4, -0.2) is 28.8 Å². The van der Waals surface area contributed by atoms with Gasteiger partial charge in [-0.25, -0.2) is 0 Å². The van der Waals surface area contributed by atoms with Gasteiger partial charge in [0.25, 0.3) is 0 Å². The Labute approximate surface area is 89.7 Å². The number of allylic oxidation sites excluding steroid dienone is 1. The Hall–Kier alpha value is -0.150. The molecule has 0 aromatic heterocycles. The average molecular weight is 214 g/mol. The molecule has 1 N–H and O–H groups in total. The molecule has 2 rings (SSSR count). The lowest BCUT2D eigenvalue weighted by Crippen LogP contribution is -2.46. The number of aliphatic hydroxyl groups excluding tert-OH is 1. The van der Waals surface area contributed by atoms with E-state index in [1.807, 2.05) is 0 Å². The maximum absolute atomic E-state index is 10.2. The Morgan fingerprint density at radius 1 is 1.50 bits per heavy atom. The van der Waals surface area contributed by atoms with Crippen LogP contribution in [0.25, 0.3) is 0 Å². The van der Waals surface area contributed by atoms with Crippen molar-refractivity contribution in [1.29, 1.82) is 0 Å². The summed E-state index contributed by atoms with van der Waals surface area (Å²) >= 11 is 1.79. The van der Waals surface area contributed by atoms with Crippen LogP contribution in [0.1, 0.15) is 32.1 Å². The highest BCUT2D eigenvalue weighted by Gasteiger charge is 2.45. The molecule has 1 aliphatic heterocycles. The molecule has 1 heterocycles. The van der Waals surface area contributed by atoms with Crippen LogP contribution in [0.3, 0.4) is 0 Å². The highest BCUT2D eigenvalue weighted by molar-refractivity contribution is 8.00. The zero-order valence-corrected chi connectivity index (χ0v) is 9.48. The molecule has 2 nitrogen and oxygen atoms in total. The molecule has 14 heavy (non-hydrogen) atoms. The molecule has 1 atom stereocenters. The fraction of sp³-hybridized carbons (Fsp3) is 0.818. The molecule has 0 amide bonds. The van der Waals surface area contributed by atoms with E-state index in [1.165, 1.54) is 6.42 Å². The van der Waals surface area contributed by atoms with E-state index in [2.05, 4.69) is 12.3 Å². The van der Waals surface area contributed by atoms with Gasteiger partial charge in [0, 0.05) is 4.75 Å². The van der Waals surface area contributed by atoms with Gasteiger partial charge in [0.15, 0.2) is 0 Å². The molecule has 1 fully saturated rings. The Morgan fingerprint density at radius 3 is 2.71 bits per heavy atom. The van der Waals surface area contributed by atoms with Crippen LogP contribution >= 0.6 is 11.8 Å². The molecule has 3 heteroatoms. The molecule has 1 aliphatic carbocycles. The maximum atomic E-state index is 10.2. The van der Waals surface area contributed by atoms with Crippen molar-refractivity contribution < 1.29 is 9.84 Å². The van der Waals surface area contributed by atoms with Gasteiger partial charge in [-0.15, -0.1) is 0 Å². The summed E-state index contributed by atoms with van der Waals surface area (Å²) in [6.45, 7) is 0.771. The van der Waals surface area contributed by atoms with Gasteiger partial charge in [0.1, 0.15) is 11.9 Å². The normalized spacial score (nSPS) is 27.1. The third-order valence-corrected chi connectivity index (χ3v) is 4.78. The van der Waals surface area contributed by atoms with Crippen molar-refractivity contribution >= 4 is 11.8 Å². The minimum atomic E-state index is -0.383. The van der Waals surface area contributed by atoms with Crippen molar-refractivity contribution in [3.63, 3.8) is 0 Å². The minimum absolute atomic E-state index is 0.0587. The lowest BCUT2D eigenvalue weighted by molar-refractivity contribution is 0.0447. The number of hydrogen-bond acceptors (Lipinski definition) is 3. The Morgan fingerprint density at radius 2 is 2.29 bits per heavy atom. The molecule has 1 saturated carbocycles. The average Bonchev–Trinajstić information content (AvgIpc) is 2.18. The minimum Gasteiger partial charge on any atom is -0.495 e. The van der Waals surface area contributed by atoms with Crippen LogP contribution in [0.5, 0.6) is 0 Å². The second-order valence-electron chi connectivity index (χ2n) is 4.12. The summed E-state index contributed by atoms with van der Waals surface area (Å²) in [6, 6.07) is 0. The standard InChI is InChI=1S/C11H18O2S/c1-14-11(6-4-7-11)10(12)9-5-2-3-8-13-9/h5,10,12H,2-4,6-8H2,1H3. The molecular weight excluding hydrogens is 196 g/mol. The van der Waals surface area contributed by atoms with Crippen molar-refractivity contribution in [2.45, 2.75) is 43.0 Å². The number of ether oxygens (including phenoxy) is 1. The van der Waals surface area contributed by atoms with E-state index in [-0.39, 0.29) is 10.9 Å². The molecule has 0 radical (unpaired) electrons. The Balaban J connectivity index is 2.05. The Kier molecular flexibility index (Phi) is 3.07. The molecule has 0 saturated heterocycles. The van der Waals surface area contributed by atoms with Crippen molar-refractivity contribution in [3.8, 4) is 0 Å². The van der Waals surface area contributed by atoms with Crippen LogP contribution in [0, 0.1) is 0 Å². The molecule has 0 bridgehead atoms. The fourth-order valence-corrected chi connectivity index (χ4v) is 3.18. The van der Waals surface area contributed by atoms with Gasteiger partial charge in [0.05, 0.1) is 6.61 Å². The van der Waals surface area contributed by atoms with Crippen molar-refractivity contribution in [1.82, 2.24) is 0 Å². The highest BCUT2D eigenvalue weighted by Crippen LogP contribution is 2.47. The SMILES string of the molecule is CSC1(C(O)C2=CCCCO2)CCC1. The number of rotatable bonds is 3. The van der Waals surface area contributed by atoms with Crippen LogP contribution in [0.15, 0.2) is 11.8 Å². The fourth-order valence-electron chi connectivity index (χ4n) is 2.14. The molecule has 0 aromatic carbocycles. The number of thioether (sulfide) groups is 1. The van der Waals surface area contributed by atoms with Crippen molar-refractivity contribution in [3.05, 3.63) is 11.8 Å². The molecule has 80 valence electrons. The number of hydrogen-bond donors (Lipinski definition) is 1. The van der Waals surface area contributed by atoms with Gasteiger partial charge in [-0.1, -0.05) is 6.42 Å². The van der Waals surface area contributed by atoms with Gasteiger partial charge in [-0.2, -0.15) is 11.8 Å². The van der Waals surface area contributed by atoms with Gasteiger partial charge in [-0.05, 0) is 38.0 Å². The summed E-state index contributed by atoms with van der Waals surface area (Å²) in [7, 11) is 0. The predicted molar refractivity (Wildman–Crippen MR) is 59.4 cm³/mol. The summed E-state index contributed by atoms with van der Waals surface area (Å²) in [6.07, 6.45) is 9.39. The quantitative estimate of drug-likeness (QED) is 0.782. The van der Waals surface area contributed by atoms with E-state index in [9.17, 15) is 5.11 Å². The molecule has 2 aliphatic rings. The van der Waals surface area contributed by atoms with Gasteiger partial charge in [0.2, 0.25) is 0 Å². The van der Waals surface area contributed by atoms with Gasteiger partial charge < -0.3 is 9.84 Å². The van der Waals surface area contributed by atoms with Gasteiger partial charge in [-0.3, -0.25) is 0 Å². The van der Waals surface area contributed by atoms with E-state index in [1.54, 1.807) is 11.8 Å². The zero-order chi connectivity index (χ0) is 10.0. The van der Waals surface area contributed by atoms with E-state index >= 15 is 0 Å². The summed E-state index contributed by atoms with van der Waals surface area (Å²) in [5.41, 5.74) is 0. The molecular formula is C11H18O2S. The lowest BCUT2D eigenvalue weighted by atomic mass is 9.79. The topological polar surface area (TPSA) is 29.5 Å². The first-order chi connectivity index (χ1) is 6.78. The van der Waals surface area contributed by atoms with E-state index in [4.69, 9.17) is 4.74 Å². The first-order valence-corrected chi connectivity index (χ1v) is 6.57. The van der Waals surface area contributed by atoms with Crippen molar-refractivity contribution in [2.24, 2.45) is 0 Å². The number of aliphatic hydroxyl groups is 1. The first kappa shape index (κ1) is 10.4. The maximum Gasteiger partial charge on any atom is 0.125 e. The molecule has 0 aromatic rings. The molecule has 1 unspecified atom stereocenters. The monoisotopic (exact) mass is 214 g/mol. The second-order valence-corrected chi connectivity index (χ2v) is 5.34.